The third-order valence-corrected chi connectivity index (χ3v) is 7.42. The third kappa shape index (κ3) is 7.04. The molecular formula is C28H39N3O2. The molecule has 1 saturated heterocycles. The minimum atomic E-state index is 0.0689. The van der Waals surface area contributed by atoms with Gasteiger partial charge in [-0.25, -0.2) is 0 Å². The van der Waals surface area contributed by atoms with Crippen molar-refractivity contribution in [2.75, 3.05) is 26.7 Å². The zero-order valence-corrected chi connectivity index (χ0v) is 20.3. The summed E-state index contributed by atoms with van der Waals surface area (Å²) in [5.41, 5.74) is 2.97. The molecule has 1 aromatic heterocycles. The Morgan fingerprint density at radius 1 is 1.03 bits per heavy atom. The molecule has 4 rings (SSSR count). The first-order valence-electron chi connectivity index (χ1n) is 12.7. The first-order valence-corrected chi connectivity index (χ1v) is 12.7. The average Bonchev–Trinajstić information content (AvgIpc) is 2.85. The number of hydrogen-bond acceptors (Lipinski definition) is 4. The second kappa shape index (κ2) is 11.6. The summed E-state index contributed by atoms with van der Waals surface area (Å²) in [6.07, 6.45) is 11.0. The maximum atomic E-state index is 12.5. The van der Waals surface area contributed by atoms with Crippen LogP contribution < -0.4 is 10.1 Å². The Labute approximate surface area is 198 Å². The number of piperidine rings is 1. The summed E-state index contributed by atoms with van der Waals surface area (Å²) < 4.78 is 6.03. The van der Waals surface area contributed by atoms with Gasteiger partial charge in [-0.05, 0) is 88.3 Å². The van der Waals surface area contributed by atoms with Gasteiger partial charge in [0, 0.05) is 23.5 Å². The van der Waals surface area contributed by atoms with Crippen molar-refractivity contribution in [1.82, 2.24) is 15.2 Å². The summed E-state index contributed by atoms with van der Waals surface area (Å²) in [6.45, 7) is 5.27. The van der Waals surface area contributed by atoms with Gasteiger partial charge in [-0.1, -0.05) is 37.5 Å². The molecule has 2 fully saturated rings. The van der Waals surface area contributed by atoms with Gasteiger partial charge in [0.25, 0.3) is 0 Å². The fourth-order valence-corrected chi connectivity index (χ4v) is 5.11. The molecule has 33 heavy (non-hydrogen) atoms. The van der Waals surface area contributed by atoms with E-state index in [-0.39, 0.29) is 11.9 Å². The maximum Gasteiger partial charge on any atom is 0.226 e. The van der Waals surface area contributed by atoms with Crippen molar-refractivity contribution in [1.29, 1.82) is 0 Å². The lowest BCUT2D eigenvalue weighted by atomic mass is 9.84. The number of rotatable bonds is 8. The minimum Gasteiger partial charge on any atom is -0.493 e. The van der Waals surface area contributed by atoms with Crippen LogP contribution in [0, 0.1) is 11.8 Å². The topological polar surface area (TPSA) is 54.5 Å². The molecule has 5 nitrogen and oxygen atoms in total. The number of aromatic nitrogens is 1. The van der Waals surface area contributed by atoms with Crippen LogP contribution in [0.1, 0.15) is 57.6 Å². The van der Waals surface area contributed by atoms with Gasteiger partial charge in [0.05, 0.1) is 13.0 Å². The number of hydrogen-bond donors (Lipinski definition) is 1. The van der Waals surface area contributed by atoms with Crippen LogP contribution in [0.25, 0.3) is 11.1 Å². The van der Waals surface area contributed by atoms with E-state index in [4.69, 9.17) is 4.74 Å². The molecule has 2 aromatic rings. The molecular weight excluding hydrogens is 410 g/mol. The third-order valence-electron chi connectivity index (χ3n) is 7.42. The number of ether oxygens (including phenoxy) is 1. The van der Waals surface area contributed by atoms with Gasteiger partial charge in [-0.15, -0.1) is 0 Å². The highest BCUT2D eigenvalue weighted by atomic mass is 16.5. The monoisotopic (exact) mass is 449 g/mol. The van der Waals surface area contributed by atoms with Gasteiger partial charge in [-0.3, -0.25) is 9.78 Å². The molecule has 1 unspecified atom stereocenters. The maximum absolute atomic E-state index is 12.5. The van der Waals surface area contributed by atoms with Crippen molar-refractivity contribution in [3.05, 3.63) is 48.3 Å². The van der Waals surface area contributed by atoms with Crippen LogP contribution in [0.4, 0.5) is 0 Å². The summed E-state index contributed by atoms with van der Waals surface area (Å²) in [4.78, 5) is 19.4. The van der Waals surface area contributed by atoms with Gasteiger partial charge in [0.2, 0.25) is 5.91 Å². The molecule has 0 radical (unpaired) electrons. The molecule has 0 bridgehead atoms. The summed E-state index contributed by atoms with van der Waals surface area (Å²) in [5.74, 6) is 2.26. The molecule has 1 aliphatic heterocycles. The highest BCUT2D eigenvalue weighted by Crippen LogP contribution is 2.26. The second-order valence-electron chi connectivity index (χ2n) is 10.1. The molecule has 1 atom stereocenters. The van der Waals surface area contributed by atoms with Gasteiger partial charge >= 0.3 is 0 Å². The average molecular weight is 450 g/mol. The molecule has 1 amide bonds. The van der Waals surface area contributed by atoms with Gasteiger partial charge in [-0.2, -0.15) is 0 Å². The molecule has 2 heterocycles. The molecule has 1 aromatic carbocycles. The zero-order valence-electron chi connectivity index (χ0n) is 20.3. The number of pyridine rings is 1. The van der Waals surface area contributed by atoms with Crippen LogP contribution in [-0.4, -0.2) is 48.6 Å². The molecule has 5 heteroatoms. The summed E-state index contributed by atoms with van der Waals surface area (Å²) >= 11 is 0. The number of benzene rings is 1. The van der Waals surface area contributed by atoms with Crippen LogP contribution in [0.15, 0.2) is 42.6 Å². The van der Waals surface area contributed by atoms with Crippen LogP contribution in [0.3, 0.4) is 0 Å². The van der Waals surface area contributed by atoms with E-state index in [1.165, 1.54) is 44.9 Å². The van der Waals surface area contributed by atoms with Crippen LogP contribution in [-0.2, 0) is 11.2 Å². The number of amides is 1. The fraction of sp³-hybridized carbons (Fsp3) is 0.571. The van der Waals surface area contributed by atoms with Crippen molar-refractivity contribution in [3.63, 3.8) is 0 Å². The van der Waals surface area contributed by atoms with E-state index in [1.807, 2.05) is 24.4 Å². The Morgan fingerprint density at radius 2 is 1.73 bits per heavy atom. The first kappa shape index (κ1) is 23.7. The Balaban J connectivity index is 1.24. The molecule has 1 N–H and O–H groups in total. The number of carbonyl (C=O) groups is 1. The molecule has 1 saturated carbocycles. The highest BCUT2D eigenvalue weighted by Gasteiger charge is 2.21. The summed E-state index contributed by atoms with van der Waals surface area (Å²) in [5, 5.41) is 3.19. The summed E-state index contributed by atoms with van der Waals surface area (Å²) in [7, 11) is 2.19. The number of likely N-dealkylation sites (tertiary alicyclic amines) is 1. The number of nitrogens with one attached hydrogen (secondary N) is 1. The van der Waals surface area contributed by atoms with Crippen molar-refractivity contribution in [3.8, 4) is 16.9 Å². The molecule has 0 spiro atoms. The number of nitrogens with zero attached hydrogens (tertiary/aromatic N) is 2. The van der Waals surface area contributed by atoms with Crippen LogP contribution in [0.5, 0.6) is 5.75 Å². The van der Waals surface area contributed by atoms with E-state index < -0.39 is 0 Å². The largest absolute Gasteiger partial charge is 0.493 e. The van der Waals surface area contributed by atoms with Crippen molar-refractivity contribution < 1.29 is 9.53 Å². The molecule has 178 valence electrons. The van der Waals surface area contributed by atoms with Crippen molar-refractivity contribution in [2.24, 2.45) is 11.8 Å². The van der Waals surface area contributed by atoms with Crippen molar-refractivity contribution >= 4 is 5.91 Å². The Morgan fingerprint density at radius 3 is 2.39 bits per heavy atom. The fourth-order valence-electron chi connectivity index (χ4n) is 5.11. The minimum absolute atomic E-state index is 0.0689. The smallest absolute Gasteiger partial charge is 0.226 e. The zero-order chi connectivity index (χ0) is 23.0. The lowest BCUT2D eigenvalue weighted by molar-refractivity contribution is -0.121. The van der Waals surface area contributed by atoms with E-state index in [0.29, 0.717) is 18.3 Å². The lowest BCUT2D eigenvalue weighted by Gasteiger charge is -2.28. The quantitative estimate of drug-likeness (QED) is 0.609. The molecule has 1 aliphatic carbocycles. The van der Waals surface area contributed by atoms with Crippen molar-refractivity contribution in [2.45, 2.75) is 64.3 Å². The van der Waals surface area contributed by atoms with Gasteiger partial charge < -0.3 is 15.0 Å². The lowest BCUT2D eigenvalue weighted by Crippen LogP contribution is -2.39. The predicted octanol–water partition coefficient (Wildman–Crippen LogP) is 5.10. The van der Waals surface area contributed by atoms with E-state index in [0.717, 1.165) is 42.3 Å². The Kier molecular flexibility index (Phi) is 8.38. The predicted molar refractivity (Wildman–Crippen MR) is 133 cm³/mol. The molecule has 2 aliphatic rings. The second-order valence-corrected chi connectivity index (χ2v) is 10.1. The van der Waals surface area contributed by atoms with Gasteiger partial charge in [0.1, 0.15) is 5.75 Å². The Hall–Kier alpha value is -2.40. The normalized spacial score (nSPS) is 19.2. The SMILES string of the molecule is CC(NC(=O)Cc1ccc(-c2ccc(OCC3CCN(C)CC3)cc2)cn1)C1CCCCC1. The van der Waals surface area contributed by atoms with Crippen LogP contribution in [0.2, 0.25) is 0 Å². The van der Waals surface area contributed by atoms with Gasteiger partial charge in [0.15, 0.2) is 0 Å². The standard InChI is InChI=1S/C28H39N3O2/c1-21(23-6-4-3-5-7-23)30-28(32)18-26-11-8-25(19-29-26)24-9-12-27(13-10-24)33-20-22-14-16-31(2)17-15-22/h8-13,19,21-23H,3-7,14-18,20H2,1-2H3,(H,30,32). The highest BCUT2D eigenvalue weighted by molar-refractivity contribution is 5.78. The van der Waals surface area contributed by atoms with E-state index >= 15 is 0 Å². The van der Waals surface area contributed by atoms with E-state index in [1.54, 1.807) is 0 Å². The Bertz CT molecular complexity index is 867. The van der Waals surface area contributed by atoms with E-state index in [9.17, 15) is 4.79 Å². The van der Waals surface area contributed by atoms with Crippen LogP contribution >= 0.6 is 0 Å². The van der Waals surface area contributed by atoms with E-state index in [2.05, 4.69) is 47.4 Å². The number of carbonyl (C=O) groups excluding carboxylic acids is 1. The first-order chi connectivity index (χ1) is 16.1. The summed E-state index contributed by atoms with van der Waals surface area (Å²) in [6, 6.07) is 12.5.